The molecule has 1 N–H and O–H groups in total. The van der Waals surface area contributed by atoms with Crippen LogP contribution < -0.4 is 4.74 Å². The highest BCUT2D eigenvalue weighted by Gasteiger charge is 2.25. The van der Waals surface area contributed by atoms with E-state index in [0.29, 0.717) is 17.3 Å². The van der Waals surface area contributed by atoms with E-state index in [4.69, 9.17) is 9.26 Å². The predicted molar refractivity (Wildman–Crippen MR) is 75.4 cm³/mol. The van der Waals surface area contributed by atoms with Crippen molar-refractivity contribution in [3.8, 4) is 17.1 Å². The van der Waals surface area contributed by atoms with E-state index in [0.717, 1.165) is 0 Å². The first-order valence-corrected chi connectivity index (χ1v) is 6.66. The molecule has 6 heteroatoms. The number of aliphatic hydroxyl groups excluding tert-OH is 1. The van der Waals surface area contributed by atoms with E-state index in [-0.39, 0.29) is 17.6 Å². The minimum absolute atomic E-state index is 0.119. The van der Waals surface area contributed by atoms with Crippen molar-refractivity contribution in [1.29, 1.82) is 0 Å². The lowest BCUT2D eigenvalue weighted by atomic mass is 9.87. The van der Waals surface area contributed by atoms with Gasteiger partial charge in [-0.2, -0.15) is 4.98 Å². The van der Waals surface area contributed by atoms with E-state index in [1.807, 2.05) is 20.8 Å². The van der Waals surface area contributed by atoms with Crippen molar-refractivity contribution in [2.24, 2.45) is 5.41 Å². The number of benzene rings is 1. The second kappa shape index (κ2) is 5.81. The van der Waals surface area contributed by atoms with Crippen LogP contribution in [-0.4, -0.2) is 28.5 Å². The summed E-state index contributed by atoms with van der Waals surface area (Å²) in [6.07, 6.45) is -0.317. The number of hydrogen-bond acceptors (Lipinski definition) is 5. The third-order valence-corrected chi connectivity index (χ3v) is 3.25. The van der Waals surface area contributed by atoms with Gasteiger partial charge in [-0.15, -0.1) is 0 Å². The largest absolute Gasteiger partial charge is 0.494 e. The Labute approximate surface area is 122 Å². The third kappa shape index (κ3) is 3.58. The van der Waals surface area contributed by atoms with Gasteiger partial charge in [0.05, 0.1) is 19.6 Å². The zero-order chi connectivity index (χ0) is 15.6. The van der Waals surface area contributed by atoms with Crippen molar-refractivity contribution >= 4 is 0 Å². The molecule has 1 unspecified atom stereocenters. The summed E-state index contributed by atoms with van der Waals surface area (Å²) in [5, 5.41) is 13.9. The first-order valence-electron chi connectivity index (χ1n) is 6.66. The number of methoxy groups -OCH3 is 1. The van der Waals surface area contributed by atoms with Crippen LogP contribution in [-0.2, 0) is 6.42 Å². The lowest BCUT2D eigenvalue weighted by Gasteiger charge is -2.24. The quantitative estimate of drug-likeness (QED) is 0.939. The maximum Gasteiger partial charge on any atom is 0.229 e. The summed E-state index contributed by atoms with van der Waals surface area (Å²) in [7, 11) is 1.39. The van der Waals surface area contributed by atoms with E-state index >= 15 is 0 Å². The number of rotatable bonds is 4. The SMILES string of the molecule is COc1cc(-c2noc(CC(O)C(C)(C)C)n2)ccc1F. The molecule has 0 aliphatic carbocycles. The molecule has 114 valence electrons. The molecule has 1 aromatic heterocycles. The number of hydrogen-bond donors (Lipinski definition) is 1. The summed E-state index contributed by atoms with van der Waals surface area (Å²) >= 11 is 0. The monoisotopic (exact) mass is 294 g/mol. The second-order valence-corrected chi connectivity index (χ2v) is 5.95. The summed E-state index contributed by atoms with van der Waals surface area (Å²) in [5.74, 6) is 0.349. The zero-order valence-corrected chi connectivity index (χ0v) is 12.6. The van der Waals surface area contributed by atoms with Gasteiger partial charge in [0.2, 0.25) is 11.7 Å². The van der Waals surface area contributed by atoms with E-state index in [1.165, 1.54) is 19.2 Å². The van der Waals surface area contributed by atoms with Crippen LogP contribution in [0.15, 0.2) is 22.7 Å². The average Bonchev–Trinajstić information content (AvgIpc) is 2.86. The summed E-state index contributed by atoms with van der Waals surface area (Å²) in [4.78, 5) is 4.22. The van der Waals surface area contributed by atoms with E-state index in [9.17, 15) is 9.50 Å². The fraction of sp³-hybridized carbons (Fsp3) is 0.467. The van der Waals surface area contributed by atoms with Crippen LogP contribution in [0.1, 0.15) is 26.7 Å². The molecule has 21 heavy (non-hydrogen) atoms. The van der Waals surface area contributed by atoms with Gasteiger partial charge in [-0.1, -0.05) is 25.9 Å². The van der Waals surface area contributed by atoms with Crippen molar-refractivity contribution in [2.75, 3.05) is 7.11 Å². The van der Waals surface area contributed by atoms with Crippen LogP contribution in [0.5, 0.6) is 5.75 Å². The number of aliphatic hydroxyl groups is 1. The molecule has 5 nitrogen and oxygen atoms in total. The molecular weight excluding hydrogens is 275 g/mol. The molecule has 0 bridgehead atoms. The Balaban J connectivity index is 2.20. The molecule has 0 radical (unpaired) electrons. The van der Waals surface area contributed by atoms with Gasteiger partial charge in [-0.3, -0.25) is 0 Å². The van der Waals surface area contributed by atoms with Gasteiger partial charge < -0.3 is 14.4 Å². The smallest absolute Gasteiger partial charge is 0.229 e. The average molecular weight is 294 g/mol. The number of halogens is 1. The molecule has 0 amide bonds. The second-order valence-electron chi connectivity index (χ2n) is 5.95. The minimum Gasteiger partial charge on any atom is -0.494 e. The Morgan fingerprint density at radius 3 is 2.71 bits per heavy atom. The van der Waals surface area contributed by atoms with Crippen LogP contribution in [0.4, 0.5) is 4.39 Å². The topological polar surface area (TPSA) is 68.4 Å². The maximum atomic E-state index is 13.4. The molecule has 0 saturated heterocycles. The Morgan fingerprint density at radius 2 is 2.10 bits per heavy atom. The van der Waals surface area contributed by atoms with Gasteiger partial charge in [-0.05, 0) is 23.6 Å². The molecule has 0 spiro atoms. The van der Waals surface area contributed by atoms with E-state index in [2.05, 4.69) is 10.1 Å². The molecule has 1 aromatic carbocycles. The fourth-order valence-corrected chi connectivity index (χ4v) is 1.73. The van der Waals surface area contributed by atoms with Gasteiger partial charge in [0.15, 0.2) is 11.6 Å². The zero-order valence-electron chi connectivity index (χ0n) is 12.6. The molecule has 1 heterocycles. The van der Waals surface area contributed by atoms with Crippen molar-refractivity contribution in [1.82, 2.24) is 10.1 Å². The summed E-state index contributed by atoms with van der Waals surface area (Å²) < 4.78 is 23.4. The fourth-order valence-electron chi connectivity index (χ4n) is 1.73. The van der Waals surface area contributed by atoms with Crippen LogP contribution in [0.3, 0.4) is 0 Å². The van der Waals surface area contributed by atoms with Gasteiger partial charge in [0.25, 0.3) is 0 Å². The molecule has 0 aliphatic rings. The van der Waals surface area contributed by atoms with Crippen LogP contribution in [0.25, 0.3) is 11.4 Å². The van der Waals surface area contributed by atoms with Crippen LogP contribution in [0.2, 0.25) is 0 Å². The molecule has 0 aliphatic heterocycles. The molecule has 2 rings (SSSR count). The van der Waals surface area contributed by atoms with E-state index in [1.54, 1.807) is 6.07 Å². The Hall–Kier alpha value is -1.95. The van der Waals surface area contributed by atoms with Crippen LogP contribution >= 0.6 is 0 Å². The van der Waals surface area contributed by atoms with Crippen molar-refractivity contribution in [2.45, 2.75) is 33.3 Å². The highest BCUT2D eigenvalue weighted by Crippen LogP contribution is 2.26. The first-order chi connectivity index (χ1) is 9.81. The van der Waals surface area contributed by atoms with Gasteiger partial charge >= 0.3 is 0 Å². The normalized spacial score (nSPS) is 13.2. The Morgan fingerprint density at radius 1 is 1.38 bits per heavy atom. The molecule has 1 atom stereocenters. The Kier molecular flexibility index (Phi) is 4.27. The molecule has 0 fully saturated rings. The minimum atomic E-state index is -0.589. The highest BCUT2D eigenvalue weighted by atomic mass is 19.1. The van der Waals surface area contributed by atoms with Gasteiger partial charge in [0.1, 0.15) is 0 Å². The lowest BCUT2D eigenvalue weighted by Crippen LogP contribution is -2.28. The third-order valence-electron chi connectivity index (χ3n) is 3.25. The standard InChI is InChI=1S/C15H19FN2O3/c1-15(2,3)12(19)8-13-17-14(18-21-13)9-5-6-10(16)11(7-9)20-4/h5-7,12,19H,8H2,1-4H3. The Bertz CT molecular complexity index is 620. The lowest BCUT2D eigenvalue weighted by molar-refractivity contribution is 0.0565. The molecule has 2 aromatic rings. The number of aromatic nitrogens is 2. The number of ether oxygens (including phenoxy) is 1. The summed E-state index contributed by atoms with van der Waals surface area (Å²) in [6, 6.07) is 4.34. The summed E-state index contributed by atoms with van der Waals surface area (Å²) in [5.41, 5.74) is 0.321. The highest BCUT2D eigenvalue weighted by molar-refractivity contribution is 5.57. The predicted octanol–water partition coefficient (Wildman–Crippen LogP) is 2.83. The number of nitrogens with zero attached hydrogens (tertiary/aromatic N) is 2. The first kappa shape index (κ1) is 15.4. The molecular formula is C15H19FN2O3. The van der Waals surface area contributed by atoms with Crippen molar-refractivity contribution in [3.63, 3.8) is 0 Å². The van der Waals surface area contributed by atoms with E-state index < -0.39 is 11.9 Å². The van der Waals surface area contributed by atoms with Crippen molar-refractivity contribution in [3.05, 3.63) is 29.9 Å². The summed E-state index contributed by atoms with van der Waals surface area (Å²) in [6.45, 7) is 5.79. The van der Waals surface area contributed by atoms with Gasteiger partial charge in [-0.25, -0.2) is 4.39 Å². The van der Waals surface area contributed by atoms with Crippen LogP contribution in [0, 0.1) is 11.2 Å². The van der Waals surface area contributed by atoms with Gasteiger partial charge in [0, 0.05) is 5.56 Å². The molecule has 0 saturated carbocycles. The maximum absolute atomic E-state index is 13.4. The van der Waals surface area contributed by atoms with Crippen molar-refractivity contribution < 1.29 is 18.8 Å².